The zero-order valence-corrected chi connectivity index (χ0v) is 18.9. The fourth-order valence-electron chi connectivity index (χ4n) is 2.66. The van der Waals surface area contributed by atoms with E-state index < -0.39 is 5.60 Å². The highest BCUT2D eigenvalue weighted by atomic mass is 127. The lowest BCUT2D eigenvalue weighted by Crippen LogP contribution is -2.44. The largest absolute Gasteiger partial charge is 0.384 e. The maximum Gasteiger partial charge on any atom is 0.191 e. The molecule has 0 bridgehead atoms. The molecule has 0 radical (unpaired) electrons. The summed E-state index contributed by atoms with van der Waals surface area (Å²) in [4.78, 5) is 4.53. The van der Waals surface area contributed by atoms with Crippen molar-refractivity contribution in [2.45, 2.75) is 32.6 Å². The van der Waals surface area contributed by atoms with Gasteiger partial charge in [0.15, 0.2) is 5.96 Å². The van der Waals surface area contributed by atoms with Crippen LogP contribution in [-0.2, 0) is 23.5 Å². The van der Waals surface area contributed by atoms with Gasteiger partial charge in [0.1, 0.15) is 11.4 Å². The Morgan fingerprint density at radius 2 is 1.89 bits per heavy atom. The van der Waals surface area contributed by atoms with E-state index in [0.717, 1.165) is 11.1 Å². The van der Waals surface area contributed by atoms with Crippen LogP contribution < -0.4 is 10.6 Å². The van der Waals surface area contributed by atoms with Crippen LogP contribution in [-0.4, -0.2) is 31.3 Å². The van der Waals surface area contributed by atoms with Crippen LogP contribution in [0, 0.1) is 5.82 Å². The van der Waals surface area contributed by atoms with Gasteiger partial charge in [0.05, 0.1) is 19.7 Å². The normalized spacial score (nSPS) is 13.4. The highest BCUT2D eigenvalue weighted by molar-refractivity contribution is 14.0. The highest BCUT2D eigenvalue weighted by Crippen LogP contribution is 2.19. The summed E-state index contributed by atoms with van der Waals surface area (Å²) in [7, 11) is 1.54. The summed E-state index contributed by atoms with van der Waals surface area (Å²) in [5, 5.41) is 17.0. The molecule has 0 spiro atoms. The van der Waals surface area contributed by atoms with Gasteiger partial charge in [-0.05, 0) is 37.1 Å². The Labute approximate surface area is 183 Å². The lowest BCUT2D eigenvalue weighted by molar-refractivity contribution is 0.0617. The number of benzene rings is 2. The zero-order chi connectivity index (χ0) is 19.7. The van der Waals surface area contributed by atoms with E-state index in [0.29, 0.717) is 31.2 Å². The first-order chi connectivity index (χ1) is 13.0. The highest BCUT2D eigenvalue weighted by Gasteiger charge is 2.22. The molecule has 2 aromatic rings. The van der Waals surface area contributed by atoms with Crippen LogP contribution in [0.25, 0.3) is 0 Å². The number of nitrogens with zero attached hydrogens (tertiary/aromatic N) is 1. The maximum absolute atomic E-state index is 13.7. The van der Waals surface area contributed by atoms with E-state index in [1.807, 2.05) is 37.3 Å². The predicted octanol–water partition coefficient (Wildman–Crippen LogP) is 3.55. The second-order valence-electron chi connectivity index (χ2n) is 6.55. The molecule has 7 heteroatoms. The van der Waals surface area contributed by atoms with E-state index in [9.17, 15) is 9.50 Å². The van der Waals surface area contributed by atoms with Crippen molar-refractivity contribution in [3.05, 3.63) is 71.0 Å². The third-order valence-electron chi connectivity index (χ3n) is 4.17. The molecule has 0 aliphatic heterocycles. The van der Waals surface area contributed by atoms with Crippen LogP contribution in [0.5, 0.6) is 0 Å². The molecule has 1 atom stereocenters. The van der Waals surface area contributed by atoms with Crippen LogP contribution in [0.1, 0.15) is 30.5 Å². The number of aliphatic hydroxyl groups is 1. The van der Waals surface area contributed by atoms with Crippen molar-refractivity contribution in [3.8, 4) is 0 Å². The Morgan fingerprint density at radius 1 is 1.18 bits per heavy atom. The summed E-state index contributed by atoms with van der Waals surface area (Å²) in [5.41, 5.74) is 1.20. The van der Waals surface area contributed by atoms with Gasteiger partial charge < -0.3 is 20.5 Å². The zero-order valence-electron chi connectivity index (χ0n) is 16.5. The smallest absolute Gasteiger partial charge is 0.191 e. The van der Waals surface area contributed by atoms with Crippen LogP contribution in [0.3, 0.4) is 0 Å². The predicted molar refractivity (Wildman–Crippen MR) is 121 cm³/mol. The number of hydrogen-bond acceptors (Lipinski definition) is 3. The Bertz CT molecular complexity index is 755. The minimum atomic E-state index is -1.03. The lowest BCUT2D eigenvalue weighted by Gasteiger charge is -2.25. The molecule has 28 heavy (non-hydrogen) atoms. The molecule has 2 rings (SSSR count). The van der Waals surface area contributed by atoms with Crippen molar-refractivity contribution in [1.29, 1.82) is 0 Å². The molecule has 0 aliphatic carbocycles. The number of halogens is 2. The van der Waals surface area contributed by atoms with Gasteiger partial charge in [0.25, 0.3) is 0 Å². The molecule has 0 saturated carbocycles. The molecule has 0 fully saturated rings. The minimum Gasteiger partial charge on any atom is -0.384 e. The van der Waals surface area contributed by atoms with E-state index in [1.54, 1.807) is 19.1 Å². The Hall–Kier alpha value is -1.71. The topological polar surface area (TPSA) is 65.9 Å². The van der Waals surface area contributed by atoms with E-state index in [1.165, 1.54) is 13.2 Å². The standard InChI is InChI=1S/C21H28FN3O2.HI/c1-4-23-20(25-15-21(2,26)18-8-6-5-7-9-18)24-13-16-10-11-19(22)17(12-16)14-27-3;/h5-12,26H,4,13-15H2,1-3H3,(H2,23,24,25);1H. The van der Waals surface area contributed by atoms with E-state index in [4.69, 9.17) is 4.74 Å². The number of guanidine groups is 1. The molecule has 5 nitrogen and oxygen atoms in total. The van der Waals surface area contributed by atoms with Crippen molar-refractivity contribution < 1.29 is 14.2 Å². The van der Waals surface area contributed by atoms with Crippen LogP contribution >= 0.6 is 24.0 Å². The number of rotatable bonds is 8. The van der Waals surface area contributed by atoms with Gasteiger partial charge in [-0.25, -0.2) is 9.38 Å². The van der Waals surface area contributed by atoms with E-state index >= 15 is 0 Å². The average molecular weight is 501 g/mol. The monoisotopic (exact) mass is 501 g/mol. The van der Waals surface area contributed by atoms with Crippen molar-refractivity contribution >= 4 is 29.9 Å². The van der Waals surface area contributed by atoms with Gasteiger partial charge in [0.2, 0.25) is 0 Å². The fraction of sp³-hybridized carbons (Fsp3) is 0.381. The van der Waals surface area contributed by atoms with Crippen LogP contribution in [0.2, 0.25) is 0 Å². The van der Waals surface area contributed by atoms with Gasteiger partial charge in [-0.1, -0.05) is 36.4 Å². The van der Waals surface area contributed by atoms with Crippen molar-refractivity contribution in [1.82, 2.24) is 10.6 Å². The molecular formula is C21H29FIN3O2. The van der Waals surface area contributed by atoms with Crippen molar-refractivity contribution in [2.24, 2.45) is 4.99 Å². The number of hydrogen-bond donors (Lipinski definition) is 3. The molecule has 0 aliphatic rings. The number of nitrogens with one attached hydrogen (secondary N) is 2. The van der Waals surface area contributed by atoms with Gasteiger partial charge in [-0.2, -0.15) is 0 Å². The molecule has 154 valence electrons. The van der Waals surface area contributed by atoms with E-state index in [2.05, 4.69) is 15.6 Å². The Balaban J connectivity index is 0.00000392. The molecular weight excluding hydrogens is 472 g/mol. The summed E-state index contributed by atoms with van der Waals surface area (Å²) in [6.07, 6.45) is 0. The lowest BCUT2D eigenvalue weighted by atomic mass is 9.96. The van der Waals surface area contributed by atoms with Crippen LogP contribution in [0.15, 0.2) is 53.5 Å². The summed E-state index contributed by atoms with van der Waals surface area (Å²) < 4.78 is 18.7. The first-order valence-corrected chi connectivity index (χ1v) is 9.02. The van der Waals surface area contributed by atoms with Gasteiger partial charge >= 0.3 is 0 Å². The number of ether oxygens (including phenoxy) is 1. The number of methoxy groups -OCH3 is 1. The van der Waals surface area contributed by atoms with Gasteiger partial charge in [-0.15, -0.1) is 24.0 Å². The summed E-state index contributed by atoms with van der Waals surface area (Å²) in [5.74, 6) is 0.305. The summed E-state index contributed by atoms with van der Waals surface area (Å²) in [6.45, 7) is 5.34. The maximum atomic E-state index is 13.7. The summed E-state index contributed by atoms with van der Waals surface area (Å²) in [6, 6.07) is 14.4. The van der Waals surface area contributed by atoms with Gasteiger partial charge in [0, 0.05) is 19.2 Å². The Morgan fingerprint density at radius 3 is 2.54 bits per heavy atom. The fourth-order valence-corrected chi connectivity index (χ4v) is 2.66. The molecule has 1 unspecified atom stereocenters. The molecule has 0 saturated heterocycles. The molecule has 0 aromatic heterocycles. The number of aliphatic imine (C=N–C) groups is 1. The Kier molecular flexibility index (Phi) is 10.4. The summed E-state index contributed by atoms with van der Waals surface area (Å²) >= 11 is 0. The molecule has 0 amide bonds. The molecule has 3 N–H and O–H groups in total. The quantitative estimate of drug-likeness (QED) is 0.294. The molecule has 2 aromatic carbocycles. The van der Waals surface area contributed by atoms with Crippen molar-refractivity contribution in [3.63, 3.8) is 0 Å². The SMILES string of the molecule is CCNC(=NCc1ccc(F)c(COC)c1)NCC(C)(O)c1ccccc1.I. The molecule has 0 heterocycles. The van der Waals surface area contributed by atoms with Crippen LogP contribution in [0.4, 0.5) is 4.39 Å². The third-order valence-corrected chi connectivity index (χ3v) is 4.17. The third kappa shape index (κ3) is 7.37. The minimum absolute atomic E-state index is 0. The van der Waals surface area contributed by atoms with E-state index in [-0.39, 0.29) is 36.4 Å². The first kappa shape index (κ1) is 24.3. The second-order valence-corrected chi connectivity index (χ2v) is 6.55. The van der Waals surface area contributed by atoms with Gasteiger partial charge in [-0.3, -0.25) is 0 Å². The first-order valence-electron chi connectivity index (χ1n) is 9.02. The second kappa shape index (κ2) is 12.0. The van der Waals surface area contributed by atoms with Crippen molar-refractivity contribution in [2.75, 3.05) is 20.2 Å². The average Bonchev–Trinajstić information content (AvgIpc) is 2.67.